The van der Waals surface area contributed by atoms with Crippen molar-refractivity contribution in [3.63, 3.8) is 0 Å². The maximum Gasteiger partial charge on any atom is 0.335 e. The Morgan fingerprint density at radius 2 is 1.62 bits per heavy atom. The standard InChI is InChI=1S/C19H15N3O4/c23-17-9-5-13(6-10-17)18(24)21-20-12-16-2-1-11-22(16)15-7-3-14(4-8-15)19(25)26/h1-12,23H,(H,21,24)(H,25,26)/b20-12-. The van der Waals surface area contributed by atoms with Crippen LogP contribution in [0.1, 0.15) is 26.4 Å². The number of aromatic hydroxyl groups is 1. The summed E-state index contributed by atoms with van der Waals surface area (Å²) in [7, 11) is 0. The Morgan fingerprint density at radius 1 is 0.962 bits per heavy atom. The van der Waals surface area contributed by atoms with Crippen LogP contribution >= 0.6 is 0 Å². The van der Waals surface area contributed by atoms with Gasteiger partial charge < -0.3 is 14.8 Å². The van der Waals surface area contributed by atoms with E-state index in [1.165, 1.54) is 42.6 Å². The number of nitrogens with zero attached hydrogens (tertiary/aromatic N) is 2. The number of aromatic carboxylic acids is 1. The summed E-state index contributed by atoms with van der Waals surface area (Å²) in [6.45, 7) is 0. The van der Waals surface area contributed by atoms with Gasteiger partial charge in [-0.05, 0) is 60.7 Å². The summed E-state index contributed by atoms with van der Waals surface area (Å²) in [6.07, 6.45) is 3.29. The van der Waals surface area contributed by atoms with Crippen molar-refractivity contribution in [2.45, 2.75) is 0 Å². The Balaban J connectivity index is 1.72. The number of hydrogen-bond acceptors (Lipinski definition) is 4. The molecule has 3 N–H and O–H groups in total. The van der Waals surface area contributed by atoms with Gasteiger partial charge in [0.2, 0.25) is 0 Å². The van der Waals surface area contributed by atoms with Gasteiger partial charge in [0.1, 0.15) is 5.75 Å². The number of nitrogens with one attached hydrogen (secondary N) is 1. The van der Waals surface area contributed by atoms with Crippen molar-refractivity contribution in [3.05, 3.63) is 83.7 Å². The molecule has 0 bridgehead atoms. The van der Waals surface area contributed by atoms with Crippen molar-refractivity contribution < 1.29 is 19.8 Å². The summed E-state index contributed by atoms with van der Waals surface area (Å²) in [5.74, 6) is -1.30. The van der Waals surface area contributed by atoms with Gasteiger partial charge in [-0.3, -0.25) is 4.79 Å². The van der Waals surface area contributed by atoms with Crippen LogP contribution in [0.25, 0.3) is 5.69 Å². The van der Waals surface area contributed by atoms with E-state index in [0.717, 1.165) is 5.69 Å². The number of carbonyl (C=O) groups is 2. The second-order valence-corrected chi connectivity index (χ2v) is 5.40. The molecule has 0 spiro atoms. The van der Waals surface area contributed by atoms with Crippen molar-refractivity contribution in [1.82, 2.24) is 9.99 Å². The molecule has 0 fully saturated rings. The Bertz CT molecular complexity index is 957. The number of hydrogen-bond donors (Lipinski definition) is 3. The van der Waals surface area contributed by atoms with Crippen LogP contribution in [-0.2, 0) is 0 Å². The average molecular weight is 349 g/mol. The van der Waals surface area contributed by atoms with Gasteiger partial charge >= 0.3 is 5.97 Å². The first-order chi connectivity index (χ1) is 12.5. The second-order valence-electron chi connectivity index (χ2n) is 5.40. The SMILES string of the molecule is O=C(O)c1ccc(-n2cccc2/C=N\NC(=O)c2ccc(O)cc2)cc1. The van der Waals surface area contributed by atoms with Gasteiger partial charge in [-0.1, -0.05) is 0 Å². The Hall–Kier alpha value is -3.87. The Morgan fingerprint density at radius 3 is 2.27 bits per heavy atom. The maximum atomic E-state index is 12.0. The lowest BCUT2D eigenvalue weighted by Crippen LogP contribution is -2.17. The van der Waals surface area contributed by atoms with Crippen molar-refractivity contribution in [1.29, 1.82) is 0 Å². The molecule has 0 saturated carbocycles. The zero-order chi connectivity index (χ0) is 18.5. The first-order valence-corrected chi connectivity index (χ1v) is 7.68. The normalized spacial score (nSPS) is 10.8. The third kappa shape index (κ3) is 3.78. The van der Waals surface area contributed by atoms with E-state index in [0.29, 0.717) is 11.3 Å². The van der Waals surface area contributed by atoms with E-state index in [1.807, 2.05) is 10.6 Å². The van der Waals surface area contributed by atoms with Gasteiger partial charge in [0.05, 0.1) is 17.5 Å². The van der Waals surface area contributed by atoms with Gasteiger partial charge in [-0.15, -0.1) is 0 Å². The average Bonchev–Trinajstić information content (AvgIpc) is 3.10. The molecule has 0 aliphatic heterocycles. The van der Waals surface area contributed by atoms with Crippen molar-refractivity contribution >= 4 is 18.1 Å². The number of aromatic nitrogens is 1. The highest BCUT2D eigenvalue weighted by Gasteiger charge is 2.06. The molecule has 0 atom stereocenters. The lowest BCUT2D eigenvalue weighted by atomic mass is 10.2. The highest BCUT2D eigenvalue weighted by Crippen LogP contribution is 2.13. The first kappa shape index (κ1) is 17.0. The molecule has 0 radical (unpaired) electrons. The fourth-order valence-corrected chi connectivity index (χ4v) is 2.33. The monoisotopic (exact) mass is 349 g/mol. The van der Waals surface area contributed by atoms with Crippen LogP contribution in [-0.4, -0.2) is 32.9 Å². The number of amides is 1. The van der Waals surface area contributed by atoms with Crippen molar-refractivity contribution in [3.8, 4) is 11.4 Å². The van der Waals surface area contributed by atoms with Gasteiger partial charge in [0.25, 0.3) is 5.91 Å². The summed E-state index contributed by atoms with van der Waals surface area (Å²) < 4.78 is 1.81. The smallest absolute Gasteiger partial charge is 0.335 e. The molecule has 1 aromatic heterocycles. The molecule has 0 saturated heterocycles. The van der Waals surface area contributed by atoms with E-state index < -0.39 is 11.9 Å². The van der Waals surface area contributed by atoms with Gasteiger partial charge in [-0.2, -0.15) is 5.10 Å². The third-order valence-electron chi connectivity index (χ3n) is 3.67. The zero-order valence-corrected chi connectivity index (χ0v) is 13.5. The lowest BCUT2D eigenvalue weighted by molar-refractivity contribution is 0.0696. The van der Waals surface area contributed by atoms with Crippen molar-refractivity contribution in [2.75, 3.05) is 0 Å². The van der Waals surface area contributed by atoms with E-state index in [1.54, 1.807) is 24.4 Å². The zero-order valence-electron chi connectivity index (χ0n) is 13.5. The molecule has 3 rings (SSSR count). The molecule has 7 heteroatoms. The summed E-state index contributed by atoms with van der Waals surface area (Å²) in [4.78, 5) is 22.9. The number of hydrazone groups is 1. The number of phenols is 1. The predicted molar refractivity (Wildman–Crippen MR) is 95.9 cm³/mol. The van der Waals surface area contributed by atoms with Crippen LogP contribution in [0.4, 0.5) is 0 Å². The predicted octanol–water partition coefficient (Wildman–Crippen LogP) is 2.65. The fourth-order valence-electron chi connectivity index (χ4n) is 2.33. The number of carboxylic acid groups (broad SMARTS) is 1. The molecule has 0 aliphatic carbocycles. The van der Waals surface area contributed by atoms with Crippen LogP contribution in [0, 0.1) is 0 Å². The van der Waals surface area contributed by atoms with Crippen LogP contribution in [0.2, 0.25) is 0 Å². The quantitative estimate of drug-likeness (QED) is 0.486. The summed E-state index contributed by atoms with van der Waals surface area (Å²) in [6, 6.07) is 15.9. The third-order valence-corrected chi connectivity index (χ3v) is 3.67. The molecule has 0 aliphatic rings. The minimum absolute atomic E-state index is 0.0804. The Labute approximate surface area is 148 Å². The molecule has 7 nitrogen and oxygen atoms in total. The number of carbonyl (C=O) groups excluding carboxylic acids is 1. The molecule has 0 unspecified atom stereocenters. The number of rotatable bonds is 5. The highest BCUT2D eigenvalue weighted by molar-refractivity contribution is 5.95. The molecule has 2 aromatic carbocycles. The number of phenolic OH excluding ortho intramolecular Hbond substituents is 1. The largest absolute Gasteiger partial charge is 0.508 e. The van der Waals surface area contributed by atoms with Crippen LogP contribution in [0.3, 0.4) is 0 Å². The fraction of sp³-hybridized carbons (Fsp3) is 0. The van der Waals surface area contributed by atoms with Crippen LogP contribution in [0.5, 0.6) is 5.75 Å². The van der Waals surface area contributed by atoms with E-state index in [-0.39, 0.29) is 11.3 Å². The molecule has 1 heterocycles. The lowest BCUT2D eigenvalue weighted by Gasteiger charge is -2.06. The molecule has 3 aromatic rings. The van der Waals surface area contributed by atoms with E-state index in [9.17, 15) is 14.7 Å². The number of benzene rings is 2. The summed E-state index contributed by atoms with van der Waals surface area (Å²) in [5, 5.41) is 22.1. The van der Waals surface area contributed by atoms with Crippen LogP contribution < -0.4 is 5.43 Å². The second kappa shape index (κ2) is 7.35. The number of carboxylic acids is 1. The first-order valence-electron chi connectivity index (χ1n) is 7.68. The minimum atomic E-state index is -0.984. The maximum absolute atomic E-state index is 12.0. The molecular weight excluding hydrogens is 334 g/mol. The van der Waals surface area contributed by atoms with Gasteiger partial charge in [-0.25, -0.2) is 10.2 Å². The minimum Gasteiger partial charge on any atom is -0.508 e. The van der Waals surface area contributed by atoms with E-state index >= 15 is 0 Å². The van der Waals surface area contributed by atoms with Crippen molar-refractivity contribution in [2.24, 2.45) is 5.10 Å². The molecule has 130 valence electrons. The molecule has 26 heavy (non-hydrogen) atoms. The van der Waals surface area contributed by atoms with Gasteiger partial charge in [0.15, 0.2) is 0 Å². The summed E-state index contributed by atoms with van der Waals surface area (Å²) >= 11 is 0. The molecule has 1 amide bonds. The van der Waals surface area contributed by atoms with Gasteiger partial charge in [0, 0.05) is 17.4 Å². The Kier molecular flexibility index (Phi) is 4.80. The summed E-state index contributed by atoms with van der Waals surface area (Å²) in [5.41, 5.74) is 4.47. The topological polar surface area (TPSA) is 104 Å². The van der Waals surface area contributed by atoms with Crippen LogP contribution in [0.15, 0.2) is 72.0 Å². The van der Waals surface area contributed by atoms with E-state index in [4.69, 9.17) is 5.11 Å². The molecular formula is C19H15N3O4. The highest BCUT2D eigenvalue weighted by atomic mass is 16.4. The van der Waals surface area contributed by atoms with E-state index in [2.05, 4.69) is 10.5 Å².